The first kappa shape index (κ1) is 42.6. The summed E-state index contributed by atoms with van der Waals surface area (Å²) in [7, 11) is 0. The third-order valence-corrected chi connectivity index (χ3v) is 10.2. The summed E-state index contributed by atoms with van der Waals surface area (Å²) >= 11 is 0. The number of aliphatic imine (C=N–C) groups is 1. The van der Waals surface area contributed by atoms with Gasteiger partial charge in [-0.05, 0) is 71.1 Å². The molecule has 4 nitrogen and oxygen atoms in total. The summed E-state index contributed by atoms with van der Waals surface area (Å²) in [6.07, 6.45) is 45.7. The van der Waals surface area contributed by atoms with Crippen LogP contribution in [0, 0.1) is 0 Å². The van der Waals surface area contributed by atoms with Crippen molar-refractivity contribution in [2.24, 2.45) is 4.99 Å². The number of hydrogen-bond donors (Lipinski definition) is 1. The summed E-state index contributed by atoms with van der Waals surface area (Å²) in [5.41, 5.74) is 0. The van der Waals surface area contributed by atoms with Crippen LogP contribution >= 0.6 is 0 Å². The monoisotopic (exact) mass is 643 g/mol. The summed E-state index contributed by atoms with van der Waals surface area (Å²) < 4.78 is 0.997. The van der Waals surface area contributed by atoms with Crippen molar-refractivity contribution in [3.8, 4) is 0 Å². The summed E-state index contributed by atoms with van der Waals surface area (Å²) in [5, 5.41) is 3.24. The minimum Gasteiger partial charge on any atom is -0.350 e. The lowest BCUT2D eigenvalue weighted by molar-refractivity contribution is -0.833. The Balaban J connectivity index is 2.01. The van der Waals surface area contributed by atoms with E-state index in [0.29, 0.717) is 6.42 Å². The standard InChI is InChI=1S/C42H79N3O/c1-4-7-9-11-13-15-17-19-21-23-25-27-29-31-33-35-41-43-37-39-45(41,6-3)40-38-44-42(46)36-34-32-30-28-26-24-22-20-18-16-14-12-10-8-5-2/h19-22H,4-18,23-40H2,1-3H3/p+1. The third-order valence-electron chi connectivity index (χ3n) is 10.2. The molecule has 0 aromatic heterocycles. The van der Waals surface area contributed by atoms with Crippen molar-refractivity contribution in [3.05, 3.63) is 24.3 Å². The maximum atomic E-state index is 12.5. The highest BCUT2D eigenvalue weighted by Gasteiger charge is 2.35. The molecule has 1 atom stereocenters. The van der Waals surface area contributed by atoms with Crippen molar-refractivity contribution in [3.63, 3.8) is 0 Å². The van der Waals surface area contributed by atoms with Crippen molar-refractivity contribution in [2.45, 2.75) is 201 Å². The molecule has 0 spiro atoms. The van der Waals surface area contributed by atoms with E-state index < -0.39 is 0 Å². The van der Waals surface area contributed by atoms with Gasteiger partial charge in [0.25, 0.3) is 0 Å². The topological polar surface area (TPSA) is 41.5 Å². The van der Waals surface area contributed by atoms with Crippen molar-refractivity contribution in [1.29, 1.82) is 0 Å². The van der Waals surface area contributed by atoms with Gasteiger partial charge in [0.1, 0.15) is 13.1 Å². The van der Waals surface area contributed by atoms with Crippen LogP contribution in [0.15, 0.2) is 29.3 Å². The Bertz CT molecular complexity index is 773. The first-order valence-electron chi connectivity index (χ1n) is 20.6. The Morgan fingerprint density at radius 2 is 1.04 bits per heavy atom. The van der Waals surface area contributed by atoms with Gasteiger partial charge in [-0.3, -0.25) is 9.28 Å². The van der Waals surface area contributed by atoms with Gasteiger partial charge in [0.15, 0.2) is 5.84 Å². The van der Waals surface area contributed by atoms with Gasteiger partial charge in [-0.2, -0.15) is 0 Å². The Morgan fingerprint density at radius 1 is 0.609 bits per heavy atom. The van der Waals surface area contributed by atoms with E-state index in [0.717, 1.165) is 50.0 Å². The van der Waals surface area contributed by atoms with E-state index in [1.54, 1.807) is 0 Å². The van der Waals surface area contributed by atoms with Crippen LogP contribution in [-0.4, -0.2) is 48.9 Å². The molecule has 1 rings (SSSR count). The van der Waals surface area contributed by atoms with Gasteiger partial charge in [-0.1, -0.05) is 141 Å². The molecule has 1 aliphatic rings. The fourth-order valence-corrected chi connectivity index (χ4v) is 6.91. The number of amides is 1. The maximum absolute atomic E-state index is 12.5. The van der Waals surface area contributed by atoms with Crippen molar-refractivity contribution >= 4 is 11.7 Å². The molecule has 268 valence electrons. The number of amidine groups is 1. The number of nitrogens with zero attached hydrogens (tertiary/aromatic N) is 2. The van der Waals surface area contributed by atoms with Crippen LogP contribution in [-0.2, 0) is 4.79 Å². The van der Waals surface area contributed by atoms with E-state index in [-0.39, 0.29) is 5.91 Å². The van der Waals surface area contributed by atoms with E-state index in [9.17, 15) is 4.79 Å². The van der Waals surface area contributed by atoms with E-state index in [2.05, 4.69) is 50.4 Å². The molecule has 0 bridgehead atoms. The van der Waals surface area contributed by atoms with Gasteiger partial charge in [-0.15, -0.1) is 0 Å². The summed E-state index contributed by atoms with van der Waals surface area (Å²) in [4.78, 5) is 17.4. The molecule has 0 aromatic carbocycles. The van der Waals surface area contributed by atoms with Gasteiger partial charge >= 0.3 is 0 Å². The van der Waals surface area contributed by atoms with Crippen molar-refractivity contribution in [2.75, 3.05) is 32.7 Å². The summed E-state index contributed by atoms with van der Waals surface area (Å²) in [6, 6.07) is 0. The van der Waals surface area contributed by atoms with Crippen LogP contribution in [0.25, 0.3) is 0 Å². The number of allylic oxidation sites excluding steroid dienone is 4. The molecular formula is C42H80N3O+. The molecule has 1 aliphatic heterocycles. The second-order valence-electron chi connectivity index (χ2n) is 14.2. The fraction of sp³-hybridized carbons (Fsp3) is 0.857. The van der Waals surface area contributed by atoms with Crippen molar-refractivity contribution in [1.82, 2.24) is 5.32 Å². The van der Waals surface area contributed by atoms with Gasteiger partial charge in [0.2, 0.25) is 5.91 Å². The highest BCUT2D eigenvalue weighted by atomic mass is 16.1. The molecule has 4 heteroatoms. The molecule has 0 radical (unpaired) electrons. The summed E-state index contributed by atoms with van der Waals surface area (Å²) in [5.74, 6) is 1.63. The van der Waals surface area contributed by atoms with Crippen LogP contribution in [0.4, 0.5) is 0 Å². The van der Waals surface area contributed by atoms with Crippen LogP contribution in [0.3, 0.4) is 0 Å². The van der Waals surface area contributed by atoms with Gasteiger partial charge in [-0.25, -0.2) is 4.99 Å². The molecular weight excluding hydrogens is 562 g/mol. The highest BCUT2D eigenvalue weighted by molar-refractivity contribution is 5.77. The molecule has 0 fully saturated rings. The lowest BCUT2D eigenvalue weighted by Crippen LogP contribution is -2.54. The summed E-state index contributed by atoms with van der Waals surface area (Å²) in [6.45, 7) is 11.8. The third kappa shape index (κ3) is 23.8. The highest BCUT2D eigenvalue weighted by Crippen LogP contribution is 2.20. The zero-order valence-electron chi connectivity index (χ0n) is 31.4. The molecule has 1 N–H and O–H groups in total. The number of carbonyl (C=O) groups excluding carboxylic acids is 1. The molecule has 1 amide bonds. The predicted molar refractivity (Wildman–Crippen MR) is 205 cm³/mol. The fourth-order valence-electron chi connectivity index (χ4n) is 6.91. The molecule has 1 unspecified atom stereocenters. The lowest BCUT2D eigenvalue weighted by atomic mass is 10.1. The first-order valence-corrected chi connectivity index (χ1v) is 20.6. The Hall–Kier alpha value is -1.42. The quantitative estimate of drug-likeness (QED) is 0.0423. The number of carbonyl (C=O) groups is 1. The Kier molecular flexibility index (Phi) is 29.8. The second kappa shape index (κ2) is 32.1. The average molecular weight is 643 g/mol. The number of quaternary nitrogens is 1. The maximum Gasteiger partial charge on any atom is 0.220 e. The molecule has 0 aromatic rings. The Morgan fingerprint density at radius 3 is 1.52 bits per heavy atom. The van der Waals surface area contributed by atoms with E-state index in [4.69, 9.17) is 4.99 Å². The van der Waals surface area contributed by atoms with Crippen LogP contribution < -0.4 is 5.32 Å². The molecule has 0 saturated heterocycles. The Labute approximate surface area is 288 Å². The minimum absolute atomic E-state index is 0.238. The van der Waals surface area contributed by atoms with Gasteiger partial charge in [0.05, 0.1) is 19.6 Å². The number of rotatable bonds is 34. The van der Waals surface area contributed by atoms with Gasteiger partial charge in [0, 0.05) is 12.8 Å². The van der Waals surface area contributed by atoms with E-state index in [1.165, 1.54) is 166 Å². The average Bonchev–Trinajstić information content (AvgIpc) is 3.47. The predicted octanol–water partition coefficient (Wildman–Crippen LogP) is 12.4. The van der Waals surface area contributed by atoms with E-state index >= 15 is 0 Å². The molecule has 1 heterocycles. The van der Waals surface area contributed by atoms with Crippen LogP contribution in [0.5, 0.6) is 0 Å². The number of nitrogens with one attached hydrogen (secondary N) is 1. The SMILES string of the molecule is CCCCCCCCC=CCCCCCCCC(=O)NCC[N+]1(CC)CCN=C1CCCCCCCC=CCCCCCCCC. The normalized spacial score (nSPS) is 16.6. The zero-order valence-corrected chi connectivity index (χ0v) is 31.4. The zero-order chi connectivity index (χ0) is 33.2. The minimum atomic E-state index is 0.238. The number of unbranched alkanes of at least 4 members (excludes halogenated alkanes) is 22. The van der Waals surface area contributed by atoms with Gasteiger partial charge < -0.3 is 5.32 Å². The molecule has 0 saturated carbocycles. The lowest BCUT2D eigenvalue weighted by Gasteiger charge is -2.34. The van der Waals surface area contributed by atoms with E-state index in [1.807, 2.05) is 0 Å². The molecule has 46 heavy (non-hydrogen) atoms. The largest absolute Gasteiger partial charge is 0.350 e. The second-order valence-corrected chi connectivity index (χ2v) is 14.2. The van der Waals surface area contributed by atoms with Crippen LogP contribution in [0.2, 0.25) is 0 Å². The van der Waals surface area contributed by atoms with Crippen molar-refractivity contribution < 1.29 is 9.28 Å². The number of likely N-dealkylation sites (N-methyl/N-ethyl adjacent to an activating group) is 1. The first-order chi connectivity index (χ1) is 22.7. The smallest absolute Gasteiger partial charge is 0.220 e. The number of hydrogen-bond acceptors (Lipinski definition) is 2. The molecule has 0 aliphatic carbocycles. The van der Waals surface area contributed by atoms with Crippen LogP contribution in [0.1, 0.15) is 201 Å².